The minimum Gasteiger partial charge on any atom is -0.486 e. The predicted octanol–water partition coefficient (Wildman–Crippen LogP) is 5.91. The van der Waals surface area contributed by atoms with Crippen molar-refractivity contribution in [1.29, 1.82) is 0 Å². The third-order valence-corrected chi connectivity index (χ3v) is 6.69. The Hall–Kier alpha value is -2.87. The fourth-order valence-corrected chi connectivity index (χ4v) is 5.06. The van der Waals surface area contributed by atoms with Gasteiger partial charge in [-0.25, -0.2) is 8.78 Å². The predicted molar refractivity (Wildman–Crippen MR) is 118 cm³/mol. The van der Waals surface area contributed by atoms with E-state index in [1.807, 2.05) is 36.2 Å². The summed E-state index contributed by atoms with van der Waals surface area (Å²) in [6.07, 6.45) is 5.66. The standard InChI is InChI=1S/C23H22F2N4OS/c1-14(15-8-17(24)10-18(25)9-15)30-20-2-3-22-21(11-20)23(28-27-22)16-12-26-29(13-16)19-4-6-31-7-5-19/h2-3,8-14,19H,4-7H2,1H3,(H,27,28)/t14-/m1/s1. The molecular formula is C23H22F2N4OS. The Labute approximate surface area is 182 Å². The number of hydrogen-bond donors (Lipinski definition) is 1. The molecule has 0 saturated carbocycles. The van der Waals surface area contributed by atoms with Crippen LogP contribution in [-0.4, -0.2) is 31.5 Å². The van der Waals surface area contributed by atoms with E-state index in [9.17, 15) is 8.78 Å². The Kier molecular flexibility index (Phi) is 5.40. The number of halogens is 2. The van der Waals surface area contributed by atoms with Crippen LogP contribution in [0.25, 0.3) is 22.2 Å². The van der Waals surface area contributed by atoms with Crippen LogP contribution in [-0.2, 0) is 0 Å². The molecule has 1 fully saturated rings. The molecule has 0 radical (unpaired) electrons. The molecule has 3 heterocycles. The van der Waals surface area contributed by atoms with Crippen molar-refractivity contribution in [2.45, 2.75) is 31.9 Å². The topological polar surface area (TPSA) is 55.7 Å². The molecule has 5 rings (SSSR count). The Morgan fingerprint density at radius 1 is 1.13 bits per heavy atom. The van der Waals surface area contributed by atoms with E-state index in [2.05, 4.69) is 26.2 Å². The van der Waals surface area contributed by atoms with Crippen LogP contribution >= 0.6 is 11.8 Å². The number of aromatic nitrogens is 4. The van der Waals surface area contributed by atoms with E-state index in [0.717, 1.165) is 41.1 Å². The van der Waals surface area contributed by atoms with E-state index in [-0.39, 0.29) is 0 Å². The van der Waals surface area contributed by atoms with Gasteiger partial charge in [-0.1, -0.05) is 0 Å². The highest BCUT2D eigenvalue weighted by Gasteiger charge is 2.19. The zero-order valence-corrected chi connectivity index (χ0v) is 17.8. The van der Waals surface area contributed by atoms with E-state index in [1.54, 1.807) is 6.92 Å². The normalized spacial score (nSPS) is 16.0. The summed E-state index contributed by atoms with van der Waals surface area (Å²) in [5, 5.41) is 13.0. The lowest BCUT2D eigenvalue weighted by atomic mass is 10.1. The summed E-state index contributed by atoms with van der Waals surface area (Å²) in [5.41, 5.74) is 3.08. The van der Waals surface area contributed by atoms with Crippen LogP contribution in [0.1, 0.15) is 37.5 Å². The maximum Gasteiger partial charge on any atom is 0.126 e. The lowest BCUT2D eigenvalue weighted by Crippen LogP contribution is -2.15. The number of thioether (sulfide) groups is 1. The van der Waals surface area contributed by atoms with Gasteiger partial charge in [-0.05, 0) is 67.2 Å². The van der Waals surface area contributed by atoms with Gasteiger partial charge in [-0.3, -0.25) is 9.78 Å². The van der Waals surface area contributed by atoms with Crippen molar-refractivity contribution in [1.82, 2.24) is 20.0 Å². The van der Waals surface area contributed by atoms with Crippen LogP contribution in [0.2, 0.25) is 0 Å². The Morgan fingerprint density at radius 2 is 1.90 bits per heavy atom. The molecule has 1 aliphatic rings. The summed E-state index contributed by atoms with van der Waals surface area (Å²) < 4.78 is 35.1. The van der Waals surface area contributed by atoms with Crippen molar-refractivity contribution in [3.63, 3.8) is 0 Å². The molecular weight excluding hydrogens is 418 g/mol. The molecule has 1 atom stereocenters. The Balaban J connectivity index is 1.41. The van der Waals surface area contributed by atoms with Gasteiger partial charge in [-0.2, -0.15) is 22.0 Å². The Bertz CT molecular complexity index is 1200. The first-order valence-corrected chi connectivity index (χ1v) is 11.5. The first-order valence-electron chi connectivity index (χ1n) is 10.3. The molecule has 2 aromatic heterocycles. The second kappa shape index (κ2) is 8.34. The SMILES string of the molecule is C[C@@H](Oc1ccc2[nH]nc(-c3cnn(C4CCSCC4)c3)c2c1)c1cc(F)cc(F)c1. The molecule has 1 aliphatic heterocycles. The summed E-state index contributed by atoms with van der Waals surface area (Å²) in [6.45, 7) is 1.77. The van der Waals surface area contributed by atoms with E-state index >= 15 is 0 Å². The van der Waals surface area contributed by atoms with Crippen molar-refractivity contribution in [2.75, 3.05) is 11.5 Å². The minimum absolute atomic E-state index is 0.437. The highest BCUT2D eigenvalue weighted by Crippen LogP contribution is 2.33. The van der Waals surface area contributed by atoms with E-state index in [1.165, 1.54) is 23.6 Å². The molecule has 2 aromatic carbocycles. The van der Waals surface area contributed by atoms with Gasteiger partial charge in [0.05, 0.1) is 17.8 Å². The van der Waals surface area contributed by atoms with Crippen LogP contribution in [0.3, 0.4) is 0 Å². The molecule has 0 amide bonds. The average molecular weight is 441 g/mol. The van der Waals surface area contributed by atoms with Crippen LogP contribution in [0.4, 0.5) is 8.78 Å². The van der Waals surface area contributed by atoms with Crippen molar-refractivity contribution in [3.8, 4) is 17.0 Å². The smallest absolute Gasteiger partial charge is 0.126 e. The van der Waals surface area contributed by atoms with Gasteiger partial charge >= 0.3 is 0 Å². The van der Waals surface area contributed by atoms with Crippen molar-refractivity contribution in [2.24, 2.45) is 0 Å². The molecule has 0 unspecified atom stereocenters. The quantitative estimate of drug-likeness (QED) is 0.419. The number of fused-ring (bicyclic) bond motifs is 1. The van der Waals surface area contributed by atoms with Crippen molar-refractivity contribution in [3.05, 3.63) is 66.0 Å². The summed E-state index contributed by atoms with van der Waals surface area (Å²) >= 11 is 1.99. The van der Waals surface area contributed by atoms with Crippen molar-refractivity contribution >= 4 is 22.7 Å². The van der Waals surface area contributed by atoms with Crippen LogP contribution in [0.5, 0.6) is 5.75 Å². The Morgan fingerprint density at radius 3 is 2.68 bits per heavy atom. The number of rotatable bonds is 5. The fraction of sp³-hybridized carbons (Fsp3) is 0.304. The molecule has 160 valence electrons. The number of aromatic amines is 1. The number of benzene rings is 2. The van der Waals surface area contributed by atoms with Gasteiger partial charge in [0.15, 0.2) is 0 Å². The maximum atomic E-state index is 13.6. The second-order valence-corrected chi connectivity index (χ2v) is 9.02. The van der Waals surface area contributed by atoms with Gasteiger partial charge in [0, 0.05) is 23.2 Å². The van der Waals surface area contributed by atoms with Gasteiger partial charge in [0.2, 0.25) is 0 Å². The van der Waals surface area contributed by atoms with E-state index < -0.39 is 17.7 Å². The van der Waals surface area contributed by atoms with Gasteiger partial charge in [0.25, 0.3) is 0 Å². The highest BCUT2D eigenvalue weighted by molar-refractivity contribution is 7.99. The van der Waals surface area contributed by atoms with Crippen molar-refractivity contribution < 1.29 is 13.5 Å². The molecule has 1 N–H and O–H groups in total. The fourth-order valence-electron chi connectivity index (χ4n) is 3.98. The molecule has 1 saturated heterocycles. The molecule has 0 aliphatic carbocycles. The summed E-state index contributed by atoms with van der Waals surface area (Å²) in [5.74, 6) is 1.70. The first kappa shape index (κ1) is 20.1. The molecule has 8 heteroatoms. The molecule has 31 heavy (non-hydrogen) atoms. The summed E-state index contributed by atoms with van der Waals surface area (Å²) in [7, 11) is 0. The molecule has 4 aromatic rings. The third-order valence-electron chi connectivity index (χ3n) is 5.64. The summed E-state index contributed by atoms with van der Waals surface area (Å²) in [6, 6.07) is 9.47. The molecule has 0 spiro atoms. The summed E-state index contributed by atoms with van der Waals surface area (Å²) in [4.78, 5) is 0. The average Bonchev–Trinajstić information content (AvgIpc) is 3.40. The lowest BCUT2D eigenvalue weighted by molar-refractivity contribution is 0.226. The van der Waals surface area contributed by atoms with E-state index in [4.69, 9.17) is 4.74 Å². The number of H-pyrrole nitrogens is 1. The number of nitrogens with one attached hydrogen (secondary N) is 1. The minimum atomic E-state index is -0.619. The van der Waals surface area contributed by atoms with Gasteiger partial charge in [0.1, 0.15) is 29.2 Å². The lowest BCUT2D eigenvalue weighted by Gasteiger charge is -2.21. The second-order valence-electron chi connectivity index (χ2n) is 7.80. The van der Waals surface area contributed by atoms with E-state index in [0.29, 0.717) is 17.4 Å². The zero-order valence-electron chi connectivity index (χ0n) is 17.0. The van der Waals surface area contributed by atoms with Crippen LogP contribution in [0, 0.1) is 11.6 Å². The third kappa shape index (κ3) is 4.17. The maximum absolute atomic E-state index is 13.6. The van der Waals surface area contributed by atoms with Crippen LogP contribution in [0.15, 0.2) is 48.8 Å². The number of ether oxygens (including phenoxy) is 1. The molecule has 0 bridgehead atoms. The largest absolute Gasteiger partial charge is 0.486 e. The number of nitrogens with zero attached hydrogens (tertiary/aromatic N) is 3. The monoisotopic (exact) mass is 440 g/mol. The zero-order chi connectivity index (χ0) is 21.4. The first-order chi connectivity index (χ1) is 15.1. The number of hydrogen-bond acceptors (Lipinski definition) is 4. The highest BCUT2D eigenvalue weighted by atomic mass is 32.2. The van der Waals surface area contributed by atoms with Crippen LogP contribution < -0.4 is 4.74 Å². The van der Waals surface area contributed by atoms with Gasteiger partial charge in [-0.15, -0.1) is 0 Å². The molecule has 5 nitrogen and oxygen atoms in total. The van der Waals surface area contributed by atoms with Gasteiger partial charge < -0.3 is 4.74 Å².